The van der Waals surface area contributed by atoms with Crippen LogP contribution < -0.4 is 71.2 Å². The molecule has 0 unspecified atom stereocenters. The predicted octanol–water partition coefficient (Wildman–Crippen LogP) is -5.85. The maximum atomic E-state index is 14.1. The molecule has 1 fully saturated rings. The zero-order chi connectivity index (χ0) is 45.6. The van der Waals surface area contributed by atoms with Crippen LogP contribution in [0.5, 0.6) is 0 Å². The van der Waals surface area contributed by atoms with Crippen molar-refractivity contribution in [3.8, 4) is 0 Å². The average molecular weight is 862 g/mol. The molecule has 8 atom stereocenters. The van der Waals surface area contributed by atoms with Crippen LogP contribution in [0.15, 0.2) is 30.3 Å². The van der Waals surface area contributed by atoms with Crippen molar-refractivity contribution in [1.29, 1.82) is 0 Å². The molecular weight excluding hydrogens is 795 g/mol. The number of nitrogens with one attached hydrogen (secondary N) is 8. The summed E-state index contributed by atoms with van der Waals surface area (Å²) < 4.78 is 0. The van der Waals surface area contributed by atoms with E-state index in [0.29, 0.717) is 5.56 Å². The summed E-state index contributed by atoms with van der Waals surface area (Å²) >= 11 is 0. The van der Waals surface area contributed by atoms with Crippen LogP contribution >= 0.6 is 0 Å². The van der Waals surface area contributed by atoms with Gasteiger partial charge in [-0.05, 0) is 70.1 Å². The first kappa shape index (κ1) is 51.9. The fourth-order valence-electron chi connectivity index (χ4n) is 6.41. The molecule has 1 aromatic rings. The third kappa shape index (κ3) is 17.3. The van der Waals surface area contributed by atoms with Crippen molar-refractivity contribution < 1.29 is 43.5 Å². The van der Waals surface area contributed by atoms with Crippen LogP contribution in [0.25, 0.3) is 0 Å². The van der Waals surface area contributed by atoms with Crippen molar-refractivity contribution in [2.24, 2.45) is 40.5 Å². The number of rotatable bonds is 15. The first-order valence-electron chi connectivity index (χ1n) is 20.6. The van der Waals surface area contributed by atoms with Crippen molar-refractivity contribution in [1.82, 2.24) is 42.5 Å². The summed E-state index contributed by atoms with van der Waals surface area (Å²) in [5, 5.41) is 31.2. The molecule has 1 aliphatic heterocycles. The van der Waals surface area contributed by atoms with Gasteiger partial charge in [0.05, 0.1) is 12.0 Å². The molecule has 0 aliphatic carbocycles. The summed E-state index contributed by atoms with van der Waals surface area (Å²) in [6.45, 7) is 4.06. The zero-order valence-electron chi connectivity index (χ0n) is 35.2. The first-order chi connectivity index (χ1) is 29.0. The molecule has 8 amide bonds. The molecule has 19 N–H and O–H groups in total. The molecule has 2 rings (SSSR count). The highest BCUT2D eigenvalue weighted by atomic mass is 16.3. The maximum Gasteiger partial charge on any atom is 0.245 e. The third-order valence-corrected chi connectivity index (χ3v) is 9.89. The van der Waals surface area contributed by atoms with E-state index in [0.717, 1.165) is 0 Å². The van der Waals surface area contributed by atoms with Gasteiger partial charge in [0.25, 0.3) is 0 Å². The third-order valence-electron chi connectivity index (χ3n) is 9.89. The van der Waals surface area contributed by atoms with Gasteiger partial charge in [-0.25, -0.2) is 0 Å². The second-order valence-corrected chi connectivity index (χ2v) is 15.4. The zero-order valence-corrected chi connectivity index (χ0v) is 35.2. The summed E-state index contributed by atoms with van der Waals surface area (Å²) in [7, 11) is 0. The summed E-state index contributed by atoms with van der Waals surface area (Å²) in [6.07, 6.45) is -1.93. The summed E-state index contributed by atoms with van der Waals surface area (Å²) in [4.78, 5) is 110. The average Bonchev–Trinajstić information content (AvgIpc) is 3.21. The SMILES string of the molecule is CC(C)C[C@@H]1NC(=O)[C@@H](Cc2ccccc2)NC(=O)[C@H](CCN)NC(=O)[C@@H](NC(=O)C(CN)CN)CCNC(=O)[C@H]([C@@H](C)O)NC(=O)[C@H](CCN)NC(=O)[C@H](CCN)NC1=O. The number of hydrogen-bond acceptors (Lipinski definition) is 14. The lowest BCUT2D eigenvalue weighted by Crippen LogP contribution is -2.61. The second-order valence-electron chi connectivity index (χ2n) is 15.4. The van der Waals surface area contributed by atoms with Crippen LogP contribution in [0.4, 0.5) is 0 Å². The molecule has 22 heteroatoms. The fourth-order valence-corrected chi connectivity index (χ4v) is 6.41. The quantitative estimate of drug-likeness (QED) is 0.0782. The van der Waals surface area contributed by atoms with Gasteiger partial charge in [0.15, 0.2) is 0 Å². The van der Waals surface area contributed by atoms with Crippen LogP contribution in [0, 0.1) is 11.8 Å². The van der Waals surface area contributed by atoms with Crippen molar-refractivity contribution in [2.45, 2.75) is 108 Å². The van der Waals surface area contributed by atoms with Crippen LogP contribution in [-0.2, 0) is 44.8 Å². The Morgan fingerprint density at radius 3 is 1.56 bits per heavy atom. The second kappa shape index (κ2) is 26.8. The Morgan fingerprint density at radius 2 is 1.08 bits per heavy atom. The number of amides is 8. The number of carbonyl (C=O) groups excluding carboxylic acids is 8. The minimum atomic E-state index is -1.56. The molecule has 0 aromatic heterocycles. The fraction of sp³-hybridized carbons (Fsp3) is 0.641. The van der Waals surface area contributed by atoms with E-state index in [2.05, 4.69) is 42.5 Å². The van der Waals surface area contributed by atoms with Crippen molar-refractivity contribution in [3.05, 3.63) is 35.9 Å². The Bertz CT molecular complexity index is 1610. The van der Waals surface area contributed by atoms with E-state index in [1.165, 1.54) is 6.92 Å². The number of aliphatic hydroxyl groups excluding tert-OH is 1. The van der Waals surface area contributed by atoms with E-state index in [-0.39, 0.29) is 83.7 Å². The summed E-state index contributed by atoms with van der Waals surface area (Å²) in [5.41, 5.74) is 29.5. The minimum absolute atomic E-state index is 0.0358. The molecule has 342 valence electrons. The van der Waals surface area contributed by atoms with Gasteiger partial charge < -0.3 is 76.3 Å². The topological polar surface area (TPSA) is 383 Å². The molecule has 22 nitrogen and oxygen atoms in total. The number of benzene rings is 1. The van der Waals surface area contributed by atoms with Crippen LogP contribution in [0.1, 0.15) is 58.4 Å². The van der Waals surface area contributed by atoms with Gasteiger partial charge >= 0.3 is 0 Å². The molecule has 1 aromatic carbocycles. The number of nitrogens with two attached hydrogens (primary N) is 5. The van der Waals surface area contributed by atoms with Gasteiger partial charge in [-0.15, -0.1) is 0 Å². The molecule has 1 heterocycles. The van der Waals surface area contributed by atoms with E-state index >= 15 is 0 Å². The van der Waals surface area contributed by atoms with Crippen LogP contribution in [0.3, 0.4) is 0 Å². The van der Waals surface area contributed by atoms with Gasteiger partial charge in [-0.3, -0.25) is 38.4 Å². The standard InChI is InChI=1S/C39H67N13O9/c1-21(2)17-29-37(59)49-25(9-13-40)33(55)48-27(11-15-42)36(58)52-31(22(3)53)39(61)45-16-12-28(46-32(54)24(19-43)20-44)35(57)47-26(10-14-41)34(56)51-30(38(60)50-29)18-23-7-5-4-6-8-23/h4-8,21-22,24-31,53H,9-20,40-44H2,1-3H3,(H,45,61)(H,46,54)(H,47,57)(H,48,55)(H,49,59)(H,50,60)(H,51,56)(H,52,58)/t22-,25+,26+,27+,28+,29+,30-,31+/m1/s1. The van der Waals surface area contributed by atoms with Crippen molar-refractivity contribution in [3.63, 3.8) is 0 Å². The van der Waals surface area contributed by atoms with E-state index in [9.17, 15) is 43.5 Å². The summed E-state index contributed by atoms with van der Waals surface area (Å²) in [6, 6.07) is -0.683. The smallest absolute Gasteiger partial charge is 0.245 e. The Hall–Kier alpha value is -5.26. The highest BCUT2D eigenvalue weighted by molar-refractivity contribution is 5.98. The highest BCUT2D eigenvalue weighted by Gasteiger charge is 2.35. The Kier molecular flexibility index (Phi) is 22.8. The van der Waals surface area contributed by atoms with Gasteiger partial charge in [0, 0.05) is 26.1 Å². The Labute approximate surface area is 356 Å². The molecule has 0 spiro atoms. The lowest BCUT2D eigenvalue weighted by molar-refractivity contribution is -0.136. The van der Waals surface area contributed by atoms with Gasteiger partial charge in [-0.2, -0.15) is 0 Å². The van der Waals surface area contributed by atoms with E-state index in [4.69, 9.17) is 28.7 Å². The van der Waals surface area contributed by atoms with E-state index in [1.807, 2.05) is 13.8 Å². The lowest BCUT2D eigenvalue weighted by atomic mass is 10.00. The lowest BCUT2D eigenvalue weighted by Gasteiger charge is -2.28. The molecule has 1 saturated heterocycles. The number of aliphatic hydroxyl groups is 1. The van der Waals surface area contributed by atoms with Crippen LogP contribution in [0.2, 0.25) is 0 Å². The van der Waals surface area contributed by atoms with Gasteiger partial charge in [0.2, 0.25) is 47.3 Å². The first-order valence-corrected chi connectivity index (χ1v) is 20.6. The molecule has 0 saturated carbocycles. The highest BCUT2D eigenvalue weighted by Crippen LogP contribution is 2.11. The van der Waals surface area contributed by atoms with Crippen LogP contribution in [-0.4, -0.2) is 140 Å². The monoisotopic (exact) mass is 862 g/mol. The maximum absolute atomic E-state index is 14.1. The molecule has 0 bridgehead atoms. The van der Waals surface area contributed by atoms with Gasteiger partial charge in [-0.1, -0.05) is 44.2 Å². The largest absolute Gasteiger partial charge is 0.391 e. The Balaban J connectivity index is 2.70. The minimum Gasteiger partial charge on any atom is -0.391 e. The Morgan fingerprint density at radius 1 is 0.639 bits per heavy atom. The molecule has 1 aliphatic rings. The molecule has 61 heavy (non-hydrogen) atoms. The molecule has 0 radical (unpaired) electrons. The molecular formula is C39H67N13O9. The normalized spacial score (nSPS) is 25.0. The predicted molar refractivity (Wildman–Crippen MR) is 225 cm³/mol. The number of carbonyl (C=O) groups is 8. The van der Waals surface area contributed by atoms with Gasteiger partial charge in [0.1, 0.15) is 42.3 Å². The summed E-state index contributed by atoms with van der Waals surface area (Å²) in [5.74, 6) is -7.44. The number of hydrogen-bond donors (Lipinski definition) is 14. The van der Waals surface area contributed by atoms with Crippen molar-refractivity contribution >= 4 is 47.3 Å². The van der Waals surface area contributed by atoms with E-state index in [1.54, 1.807) is 30.3 Å². The van der Waals surface area contributed by atoms with E-state index < -0.39 is 102 Å². The van der Waals surface area contributed by atoms with Crippen molar-refractivity contribution in [2.75, 3.05) is 39.3 Å².